The summed E-state index contributed by atoms with van der Waals surface area (Å²) >= 11 is 12.5. The van der Waals surface area contributed by atoms with Crippen molar-refractivity contribution in [2.24, 2.45) is 0 Å². The van der Waals surface area contributed by atoms with E-state index in [1.54, 1.807) is 18.2 Å². The zero-order chi connectivity index (χ0) is 31.7. The Balaban J connectivity index is 1.80. The molecular formula is C34H35Cl2N3O4S. The van der Waals surface area contributed by atoms with Gasteiger partial charge in [-0.25, -0.2) is 8.42 Å². The fraction of sp³-hybridized carbons (Fsp3) is 0.235. The SMILES string of the molecule is CC[C@@H](C)NC(=O)[C@H](Cc1ccccc1)N(Cc1ccccc1)C(=O)CN(c1ccc(Cl)c(Cl)c1)S(=O)(=O)c1ccccc1. The first-order chi connectivity index (χ1) is 21.1. The van der Waals surface area contributed by atoms with Crippen LogP contribution >= 0.6 is 23.2 Å². The molecule has 0 fully saturated rings. The summed E-state index contributed by atoms with van der Waals surface area (Å²) in [7, 11) is -4.23. The van der Waals surface area contributed by atoms with Gasteiger partial charge in [0.05, 0.1) is 20.6 Å². The number of nitrogens with zero attached hydrogens (tertiary/aromatic N) is 2. The van der Waals surface area contributed by atoms with Gasteiger partial charge in [0.15, 0.2) is 0 Å². The molecule has 10 heteroatoms. The average molecular weight is 653 g/mol. The van der Waals surface area contributed by atoms with Gasteiger partial charge >= 0.3 is 0 Å². The van der Waals surface area contributed by atoms with Crippen LogP contribution in [0.1, 0.15) is 31.4 Å². The molecule has 0 radical (unpaired) electrons. The highest BCUT2D eigenvalue weighted by atomic mass is 35.5. The fourth-order valence-corrected chi connectivity index (χ4v) is 6.38. The largest absolute Gasteiger partial charge is 0.352 e. The number of hydrogen-bond acceptors (Lipinski definition) is 4. The molecule has 0 aliphatic rings. The number of benzene rings is 4. The molecule has 4 aromatic carbocycles. The molecule has 0 aliphatic carbocycles. The highest BCUT2D eigenvalue weighted by molar-refractivity contribution is 7.92. The summed E-state index contributed by atoms with van der Waals surface area (Å²) in [6.07, 6.45) is 0.941. The molecule has 4 aromatic rings. The number of carbonyl (C=O) groups is 2. The summed E-state index contributed by atoms with van der Waals surface area (Å²) in [6.45, 7) is 3.38. The molecule has 2 atom stereocenters. The van der Waals surface area contributed by atoms with Crippen molar-refractivity contribution in [3.05, 3.63) is 130 Å². The smallest absolute Gasteiger partial charge is 0.264 e. The molecule has 7 nitrogen and oxygen atoms in total. The number of amides is 2. The molecular weight excluding hydrogens is 617 g/mol. The lowest BCUT2D eigenvalue weighted by Crippen LogP contribution is -2.54. The Morgan fingerprint density at radius 3 is 1.93 bits per heavy atom. The minimum Gasteiger partial charge on any atom is -0.352 e. The summed E-state index contributed by atoms with van der Waals surface area (Å²) in [4.78, 5) is 29.7. The average Bonchev–Trinajstić information content (AvgIpc) is 3.04. The van der Waals surface area contributed by atoms with Crippen LogP contribution in [0, 0.1) is 0 Å². The molecule has 0 bridgehead atoms. The lowest BCUT2D eigenvalue weighted by atomic mass is 10.0. The second kappa shape index (κ2) is 15.2. The van der Waals surface area contributed by atoms with Crippen LogP contribution in [0.15, 0.2) is 114 Å². The second-order valence-electron chi connectivity index (χ2n) is 10.5. The molecule has 1 N–H and O–H groups in total. The van der Waals surface area contributed by atoms with Crippen molar-refractivity contribution in [3.63, 3.8) is 0 Å². The van der Waals surface area contributed by atoms with Crippen LogP contribution in [0.4, 0.5) is 5.69 Å². The molecule has 0 spiro atoms. The molecule has 2 amide bonds. The van der Waals surface area contributed by atoms with Gasteiger partial charge in [0.25, 0.3) is 10.0 Å². The van der Waals surface area contributed by atoms with Crippen LogP contribution in [0.25, 0.3) is 0 Å². The third kappa shape index (κ3) is 8.40. The fourth-order valence-electron chi connectivity index (χ4n) is 4.66. The van der Waals surface area contributed by atoms with Crippen LogP contribution in [0.2, 0.25) is 10.0 Å². The number of rotatable bonds is 13. The number of halogens is 2. The number of sulfonamides is 1. The summed E-state index contributed by atoms with van der Waals surface area (Å²) in [5.41, 5.74) is 1.82. The van der Waals surface area contributed by atoms with Crippen LogP contribution in [0.3, 0.4) is 0 Å². The first kappa shape index (κ1) is 33.1. The highest BCUT2D eigenvalue weighted by Crippen LogP contribution is 2.31. The maximum Gasteiger partial charge on any atom is 0.264 e. The van der Waals surface area contributed by atoms with Gasteiger partial charge < -0.3 is 10.2 Å². The maximum atomic E-state index is 14.4. The van der Waals surface area contributed by atoms with E-state index in [1.165, 1.54) is 35.2 Å². The van der Waals surface area contributed by atoms with Crippen molar-refractivity contribution in [3.8, 4) is 0 Å². The number of nitrogens with one attached hydrogen (secondary N) is 1. The Morgan fingerprint density at radius 1 is 0.795 bits per heavy atom. The normalized spacial score (nSPS) is 12.6. The zero-order valence-corrected chi connectivity index (χ0v) is 26.9. The maximum absolute atomic E-state index is 14.4. The van der Waals surface area contributed by atoms with E-state index in [0.717, 1.165) is 15.4 Å². The van der Waals surface area contributed by atoms with Gasteiger partial charge in [0.2, 0.25) is 11.8 Å². The Kier molecular flexibility index (Phi) is 11.4. The number of anilines is 1. The Labute approximate surface area is 269 Å². The van der Waals surface area contributed by atoms with E-state index in [0.29, 0.717) is 6.42 Å². The molecule has 44 heavy (non-hydrogen) atoms. The van der Waals surface area contributed by atoms with Crippen molar-refractivity contribution in [2.75, 3.05) is 10.8 Å². The lowest BCUT2D eigenvalue weighted by molar-refractivity contribution is -0.140. The van der Waals surface area contributed by atoms with Gasteiger partial charge in [-0.05, 0) is 54.8 Å². The molecule has 0 saturated carbocycles. The number of hydrogen-bond donors (Lipinski definition) is 1. The molecule has 230 valence electrons. The van der Waals surface area contributed by atoms with Crippen molar-refractivity contribution in [1.29, 1.82) is 0 Å². The minimum atomic E-state index is -4.23. The van der Waals surface area contributed by atoms with Crippen molar-refractivity contribution in [2.45, 2.75) is 50.2 Å². The summed E-state index contributed by atoms with van der Waals surface area (Å²) in [5, 5.41) is 3.41. The molecule has 0 heterocycles. The van der Waals surface area contributed by atoms with Crippen LogP contribution in [0.5, 0.6) is 0 Å². The van der Waals surface area contributed by atoms with E-state index < -0.39 is 28.5 Å². The Morgan fingerprint density at radius 2 is 1.36 bits per heavy atom. The molecule has 0 aromatic heterocycles. The van der Waals surface area contributed by atoms with Crippen LogP contribution in [-0.4, -0.2) is 43.8 Å². The van der Waals surface area contributed by atoms with Crippen molar-refractivity contribution in [1.82, 2.24) is 10.2 Å². The lowest BCUT2D eigenvalue weighted by Gasteiger charge is -2.34. The van der Waals surface area contributed by atoms with E-state index in [4.69, 9.17) is 23.2 Å². The van der Waals surface area contributed by atoms with E-state index in [9.17, 15) is 18.0 Å². The monoisotopic (exact) mass is 651 g/mol. The third-order valence-corrected chi connectivity index (χ3v) is 9.80. The van der Waals surface area contributed by atoms with E-state index in [1.807, 2.05) is 74.5 Å². The van der Waals surface area contributed by atoms with Crippen LogP contribution in [-0.2, 0) is 32.6 Å². The van der Waals surface area contributed by atoms with Gasteiger partial charge in [-0.1, -0.05) is 109 Å². The second-order valence-corrected chi connectivity index (χ2v) is 13.1. The zero-order valence-electron chi connectivity index (χ0n) is 24.6. The molecule has 4 rings (SSSR count). The first-order valence-electron chi connectivity index (χ1n) is 14.3. The van der Waals surface area contributed by atoms with Gasteiger partial charge in [-0.15, -0.1) is 0 Å². The summed E-state index contributed by atoms with van der Waals surface area (Å²) < 4.78 is 29.1. The minimum absolute atomic E-state index is 0.00355. The third-order valence-electron chi connectivity index (χ3n) is 7.27. The van der Waals surface area contributed by atoms with Gasteiger partial charge in [-0.2, -0.15) is 0 Å². The van der Waals surface area contributed by atoms with Gasteiger partial charge in [0.1, 0.15) is 12.6 Å². The molecule has 0 saturated heterocycles. The Hall–Kier alpha value is -3.85. The first-order valence-corrected chi connectivity index (χ1v) is 16.5. The summed E-state index contributed by atoms with van der Waals surface area (Å²) in [6, 6.07) is 29.9. The van der Waals surface area contributed by atoms with E-state index >= 15 is 0 Å². The van der Waals surface area contributed by atoms with Crippen molar-refractivity contribution < 1.29 is 18.0 Å². The van der Waals surface area contributed by atoms with Gasteiger partial charge in [-0.3, -0.25) is 13.9 Å². The quantitative estimate of drug-likeness (QED) is 0.173. The van der Waals surface area contributed by atoms with E-state index in [-0.39, 0.29) is 45.5 Å². The Bertz CT molecular complexity index is 1660. The van der Waals surface area contributed by atoms with Crippen LogP contribution < -0.4 is 9.62 Å². The van der Waals surface area contributed by atoms with Gasteiger partial charge in [0, 0.05) is 19.0 Å². The van der Waals surface area contributed by atoms with Crippen molar-refractivity contribution >= 4 is 50.7 Å². The number of carbonyl (C=O) groups excluding carboxylic acids is 2. The highest BCUT2D eigenvalue weighted by Gasteiger charge is 2.35. The molecule has 0 unspecified atom stereocenters. The standard InChI is InChI=1S/C34H35Cl2N3O4S/c1-3-25(2)37-34(41)32(21-26-13-7-4-8-14-26)38(23-27-15-9-5-10-16-27)33(40)24-39(28-19-20-30(35)31(36)22-28)44(42,43)29-17-11-6-12-18-29/h4-20,22,25,32H,3,21,23-24H2,1-2H3,(H,37,41)/t25-,32+/m1/s1. The van der Waals surface area contributed by atoms with E-state index in [2.05, 4.69) is 5.32 Å². The summed E-state index contributed by atoms with van der Waals surface area (Å²) in [5.74, 6) is -0.876. The topological polar surface area (TPSA) is 86.8 Å². The predicted octanol–water partition coefficient (Wildman–Crippen LogP) is 6.74. The molecule has 0 aliphatic heterocycles. The predicted molar refractivity (Wildman–Crippen MR) is 176 cm³/mol.